The van der Waals surface area contributed by atoms with E-state index < -0.39 is 0 Å². The lowest BCUT2D eigenvalue weighted by Gasteiger charge is -2.17. The lowest BCUT2D eigenvalue weighted by Crippen LogP contribution is -2.29. The average molecular weight is 392 g/mol. The number of aliphatic hydroxyl groups is 1. The molecule has 0 aliphatic heterocycles. The number of aliphatic hydroxyl groups excluding tert-OH is 1. The van der Waals surface area contributed by atoms with E-state index >= 15 is 0 Å². The van der Waals surface area contributed by atoms with Gasteiger partial charge in [-0.25, -0.2) is 4.99 Å². The first-order chi connectivity index (χ1) is 14.0. The molecule has 0 radical (unpaired) electrons. The van der Waals surface area contributed by atoms with Crippen LogP contribution in [0.25, 0.3) is 5.57 Å². The number of hydrogen-bond acceptors (Lipinski definition) is 4. The molecule has 0 spiro atoms. The molecular formula is C24H29N3O2. The lowest BCUT2D eigenvalue weighted by atomic mass is 9.90. The maximum absolute atomic E-state index is 12.7. The predicted molar refractivity (Wildman–Crippen MR) is 120 cm³/mol. The molecule has 5 nitrogen and oxygen atoms in total. The number of hydrogen-bond donors (Lipinski definition) is 3. The highest BCUT2D eigenvalue weighted by Gasteiger charge is 2.29. The molecule has 1 aliphatic rings. The van der Waals surface area contributed by atoms with Crippen LogP contribution >= 0.6 is 0 Å². The molecule has 0 heterocycles. The lowest BCUT2D eigenvalue weighted by molar-refractivity contribution is -0.114. The van der Waals surface area contributed by atoms with Crippen LogP contribution in [0, 0.1) is 6.92 Å². The quantitative estimate of drug-likeness (QED) is 0.490. The first kappa shape index (κ1) is 20.8. The first-order valence-electron chi connectivity index (χ1n) is 10.1. The molecule has 0 aromatic heterocycles. The average Bonchev–Trinajstić information content (AvgIpc) is 3.56. The molecule has 29 heavy (non-hydrogen) atoms. The highest BCUT2D eigenvalue weighted by molar-refractivity contribution is 6.46. The Hall–Kier alpha value is -2.92. The second kappa shape index (κ2) is 9.05. The summed E-state index contributed by atoms with van der Waals surface area (Å²) in [7, 11) is 1.60. The zero-order chi connectivity index (χ0) is 21.0. The molecule has 0 atom stereocenters. The molecule has 2 aromatic carbocycles. The van der Waals surface area contributed by atoms with Crippen LogP contribution in [0.4, 0.5) is 11.4 Å². The normalized spacial score (nSPS) is 14.8. The molecule has 1 amide bonds. The zero-order valence-corrected chi connectivity index (χ0v) is 17.3. The Bertz CT molecular complexity index is 955. The number of benzene rings is 2. The van der Waals surface area contributed by atoms with Gasteiger partial charge in [0.15, 0.2) is 0 Å². The van der Waals surface area contributed by atoms with Crippen molar-refractivity contribution in [3.63, 3.8) is 0 Å². The fourth-order valence-electron chi connectivity index (χ4n) is 3.50. The molecule has 5 heteroatoms. The van der Waals surface area contributed by atoms with E-state index in [0.717, 1.165) is 36.0 Å². The fourth-order valence-corrected chi connectivity index (χ4v) is 3.50. The largest absolute Gasteiger partial charge is 0.398 e. The van der Waals surface area contributed by atoms with E-state index in [-0.39, 0.29) is 12.5 Å². The molecule has 1 aliphatic carbocycles. The second-order valence-electron chi connectivity index (χ2n) is 7.44. The van der Waals surface area contributed by atoms with Gasteiger partial charge in [-0.1, -0.05) is 30.7 Å². The summed E-state index contributed by atoms with van der Waals surface area (Å²) >= 11 is 0. The van der Waals surface area contributed by atoms with Crippen LogP contribution in [0.15, 0.2) is 47.5 Å². The minimum atomic E-state index is -0.270. The topological polar surface area (TPSA) is 87.7 Å². The standard InChI is InChI=1S/C24H29N3O2/c1-4-16(11-12-28)20-14-22(25)21(13-19(20)17-7-8-17)23(24(29)26-3)27-18-9-5-15(2)6-10-18/h5-6,9-11,13-14,17,28H,4,7-8,12,25H2,1-3H3,(H,26,29)/b16-11+,27-23?. The van der Waals surface area contributed by atoms with Gasteiger partial charge >= 0.3 is 0 Å². The minimum Gasteiger partial charge on any atom is -0.398 e. The number of nitrogen functional groups attached to an aromatic ring is 1. The molecule has 2 aromatic rings. The maximum atomic E-state index is 12.7. The van der Waals surface area contributed by atoms with Crippen molar-refractivity contribution in [3.05, 3.63) is 64.7 Å². The van der Waals surface area contributed by atoms with Crippen LogP contribution in [-0.4, -0.2) is 30.4 Å². The van der Waals surface area contributed by atoms with Crippen LogP contribution in [0.3, 0.4) is 0 Å². The molecule has 0 saturated heterocycles. The summed E-state index contributed by atoms with van der Waals surface area (Å²) in [6.45, 7) is 4.07. The van der Waals surface area contributed by atoms with Crippen molar-refractivity contribution in [3.8, 4) is 0 Å². The summed E-state index contributed by atoms with van der Waals surface area (Å²) in [5.41, 5.74) is 13.0. The van der Waals surface area contributed by atoms with Crippen molar-refractivity contribution in [1.29, 1.82) is 0 Å². The summed E-state index contributed by atoms with van der Waals surface area (Å²) in [5, 5.41) is 12.1. The third-order valence-electron chi connectivity index (χ3n) is 5.28. The Morgan fingerprint density at radius 2 is 1.93 bits per heavy atom. The van der Waals surface area contributed by atoms with Gasteiger partial charge in [-0.05, 0) is 73.1 Å². The number of likely N-dealkylation sites (N-methyl/N-ethyl adjacent to an activating group) is 1. The van der Waals surface area contributed by atoms with Crippen LogP contribution < -0.4 is 11.1 Å². The van der Waals surface area contributed by atoms with Gasteiger partial charge in [0.05, 0.1) is 12.3 Å². The van der Waals surface area contributed by atoms with Gasteiger partial charge in [-0.15, -0.1) is 0 Å². The number of aliphatic imine (C=N–C) groups is 1. The monoisotopic (exact) mass is 391 g/mol. The maximum Gasteiger partial charge on any atom is 0.270 e. The van der Waals surface area contributed by atoms with E-state index in [1.54, 1.807) is 7.05 Å². The summed E-state index contributed by atoms with van der Waals surface area (Å²) in [6, 6.07) is 11.7. The first-order valence-corrected chi connectivity index (χ1v) is 10.1. The molecule has 0 bridgehead atoms. The number of carbonyl (C=O) groups excluding carboxylic acids is 1. The number of nitrogens with two attached hydrogens (primary N) is 1. The highest BCUT2D eigenvalue weighted by atomic mass is 16.2. The highest BCUT2D eigenvalue weighted by Crippen LogP contribution is 2.45. The van der Waals surface area contributed by atoms with Gasteiger partial charge in [-0.2, -0.15) is 0 Å². The third-order valence-corrected chi connectivity index (χ3v) is 5.28. The molecule has 1 fully saturated rings. The Labute approximate surface area is 172 Å². The number of rotatable bonds is 7. The minimum absolute atomic E-state index is 0.00664. The van der Waals surface area contributed by atoms with Crippen LogP contribution in [0.5, 0.6) is 0 Å². The third kappa shape index (κ3) is 4.74. The molecule has 4 N–H and O–H groups in total. The molecule has 0 unspecified atom stereocenters. The zero-order valence-electron chi connectivity index (χ0n) is 17.3. The van der Waals surface area contributed by atoms with Crippen molar-refractivity contribution in [2.24, 2.45) is 4.99 Å². The van der Waals surface area contributed by atoms with Gasteiger partial charge < -0.3 is 16.2 Å². The van der Waals surface area contributed by atoms with E-state index in [2.05, 4.69) is 17.2 Å². The summed E-state index contributed by atoms with van der Waals surface area (Å²) in [4.78, 5) is 17.3. The number of carbonyl (C=O) groups is 1. The van der Waals surface area contributed by atoms with Crippen molar-refractivity contribution in [2.75, 3.05) is 19.4 Å². The Balaban J connectivity index is 2.16. The van der Waals surface area contributed by atoms with E-state index in [9.17, 15) is 9.90 Å². The van der Waals surface area contributed by atoms with Crippen LogP contribution in [0.2, 0.25) is 0 Å². The second-order valence-corrected chi connectivity index (χ2v) is 7.44. The Kier molecular flexibility index (Phi) is 6.49. The number of nitrogens with zero attached hydrogens (tertiary/aromatic N) is 1. The van der Waals surface area contributed by atoms with E-state index in [1.807, 2.05) is 49.4 Å². The van der Waals surface area contributed by atoms with Crippen molar-refractivity contribution >= 4 is 28.6 Å². The van der Waals surface area contributed by atoms with Crippen LogP contribution in [-0.2, 0) is 4.79 Å². The van der Waals surface area contributed by atoms with Crippen molar-refractivity contribution < 1.29 is 9.90 Å². The Morgan fingerprint density at radius 1 is 1.24 bits per heavy atom. The molecule has 1 saturated carbocycles. The number of nitrogens with one attached hydrogen (secondary N) is 1. The number of allylic oxidation sites excluding steroid dienone is 1. The SMILES string of the molecule is CC/C(=C\CO)c1cc(N)c(C(=Nc2ccc(C)cc2)C(=O)NC)cc1C1CC1. The van der Waals surface area contributed by atoms with E-state index in [4.69, 9.17) is 5.73 Å². The molecule has 152 valence electrons. The predicted octanol–water partition coefficient (Wildman–Crippen LogP) is 4.11. The van der Waals surface area contributed by atoms with Crippen LogP contribution in [0.1, 0.15) is 54.4 Å². The Morgan fingerprint density at radius 3 is 2.48 bits per heavy atom. The van der Waals surface area contributed by atoms with Gasteiger partial charge in [0, 0.05) is 18.3 Å². The fraction of sp³-hybridized carbons (Fsp3) is 0.333. The summed E-state index contributed by atoms with van der Waals surface area (Å²) < 4.78 is 0. The molecule has 3 rings (SSSR count). The van der Waals surface area contributed by atoms with Crippen molar-refractivity contribution in [2.45, 2.75) is 39.0 Å². The summed E-state index contributed by atoms with van der Waals surface area (Å²) in [5.74, 6) is 0.191. The van der Waals surface area contributed by atoms with Gasteiger partial charge in [-0.3, -0.25) is 4.79 Å². The number of amides is 1. The van der Waals surface area contributed by atoms with E-state index in [1.165, 1.54) is 5.56 Å². The van der Waals surface area contributed by atoms with Gasteiger partial charge in [0.1, 0.15) is 5.71 Å². The molecular weight excluding hydrogens is 362 g/mol. The van der Waals surface area contributed by atoms with E-state index in [0.29, 0.717) is 28.6 Å². The van der Waals surface area contributed by atoms with Crippen molar-refractivity contribution in [1.82, 2.24) is 5.32 Å². The summed E-state index contributed by atoms with van der Waals surface area (Å²) in [6.07, 6.45) is 4.88. The van der Waals surface area contributed by atoms with Gasteiger partial charge in [0.2, 0.25) is 0 Å². The number of aryl methyl sites for hydroxylation is 1. The smallest absolute Gasteiger partial charge is 0.270 e. The van der Waals surface area contributed by atoms with Gasteiger partial charge in [0.25, 0.3) is 5.91 Å². The number of anilines is 1.